The van der Waals surface area contributed by atoms with E-state index in [2.05, 4.69) is 6.92 Å². The summed E-state index contributed by atoms with van der Waals surface area (Å²) in [5, 5.41) is 0. The minimum Gasteiger partial charge on any atom is -0.345 e. The Hall–Kier alpha value is -0.240. The first kappa shape index (κ1) is 17.8. The summed E-state index contributed by atoms with van der Waals surface area (Å²) < 4.78 is 0. The molecule has 0 N–H and O–H groups in total. The number of carbonyl (C=O) groups is 1. The van der Waals surface area contributed by atoms with Crippen LogP contribution in [0.5, 0.6) is 0 Å². The quantitative estimate of drug-likeness (QED) is 0.376. The molecule has 0 fully saturated rings. The zero-order valence-electron chi connectivity index (χ0n) is 12.2. The van der Waals surface area contributed by atoms with Gasteiger partial charge in [0, 0.05) is 25.9 Å². The Bertz CT molecular complexity index is 197. The Morgan fingerprint density at radius 3 is 1.94 bits per heavy atom. The van der Waals surface area contributed by atoms with Gasteiger partial charge in [-0.15, -0.1) is 11.6 Å². The van der Waals surface area contributed by atoms with Crippen LogP contribution in [0.2, 0.25) is 0 Å². The average molecular weight is 276 g/mol. The van der Waals surface area contributed by atoms with E-state index in [9.17, 15) is 4.79 Å². The number of rotatable bonds is 12. The molecule has 0 aromatic rings. The minimum atomic E-state index is 0.235. The summed E-state index contributed by atoms with van der Waals surface area (Å²) in [7, 11) is 1.83. The Balaban J connectivity index is 3.22. The van der Waals surface area contributed by atoms with Crippen LogP contribution in [0, 0.1) is 0 Å². The molecule has 0 aromatic carbocycles. The minimum absolute atomic E-state index is 0.235. The molecule has 18 heavy (non-hydrogen) atoms. The Kier molecular flexibility index (Phi) is 13.0. The van der Waals surface area contributed by atoms with Crippen molar-refractivity contribution in [3.05, 3.63) is 0 Å². The molecular weight excluding hydrogens is 246 g/mol. The topological polar surface area (TPSA) is 20.3 Å². The van der Waals surface area contributed by atoms with Gasteiger partial charge >= 0.3 is 0 Å². The molecule has 0 radical (unpaired) electrons. The van der Waals surface area contributed by atoms with E-state index in [1.165, 1.54) is 51.4 Å². The van der Waals surface area contributed by atoms with Gasteiger partial charge in [-0.3, -0.25) is 4.79 Å². The molecule has 0 saturated heterocycles. The average Bonchev–Trinajstić information content (AvgIpc) is 2.36. The van der Waals surface area contributed by atoms with Gasteiger partial charge in [0.1, 0.15) is 0 Å². The van der Waals surface area contributed by atoms with Crippen LogP contribution < -0.4 is 0 Å². The molecule has 0 spiro atoms. The normalized spacial score (nSPS) is 10.6. The van der Waals surface area contributed by atoms with Gasteiger partial charge in [-0.2, -0.15) is 0 Å². The highest BCUT2D eigenvalue weighted by molar-refractivity contribution is 6.18. The van der Waals surface area contributed by atoms with Crippen molar-refractivity contribution in [1.82, 2.24) is 4.90 Å². The predicted molar refractivity (Wildman–Crippen MR) is 80.2 cm³/mol. The summed E-state index contributed by atoms with van der Waals surface area (Å²) in [6.45, 7) is 2.91. The number of carbonyl (C=O) groups excluding carboxylic acids is 1. The summed E-state index contributed by atoms with van der Waals surface area (Å²) in [6.07, 6.45) is 12.3. The Morgan fingerprint density at radius 2 is 1.44 bits per heavy atom. The van der Waals surface area contributed by atoms with Crippen molar-refractivity contribution in [1.29, 1.82) is 0 Å². The molecule has 0 rings (SSSR count). The van der Waals surface area contributed by atoms with E-state index in [1.54, 1.807) is 4.90 Å². The van der Waals surface area contributed by atoms with Crippen LogP contribution in [0.1, 0.15) is 71.1 Å². The van der Waals surface area contributed by atoms with Gasteiger partial charge in [-0.1, -0.05) is 58.3 Å². The summed E-state index contributed by atoms with van der Waals surface area (Å²) in [4.78, 5) is 13.3. The number of hydrogen-bond acceptors (Lipinski definition) is 1. The summed E-state index contributed by atoms with van der Waals surface area (Å²) in [6, 6.07) is 0. The highest BCUT2D eigenvalue weighted by atomic mass is 35.5. The van der Waals surface area contributed by atoms with E-state index in [4.69, 9.17) is 11.6 Å². The van der Waals surface area contributed by atoms with Gasteiger partial charge in [0.15, 0.2) is 0 Å². The Morgan fingerprint density at radius 1 is 0.944 bits per heavy atom. The van der Waals surface area contributed by atoms with Gasteiger partial charge < -0.3 is 4.90 Å². The highest BCUT2D eigenvalue weighted by Crippen LogP contribution is 2.10. The fourth-order valence-corrected chi connectivity index (χ4v) is 2.28. The second-order valence-corrected chi connectivity index (χ2v) is 5.46. The fourth-order valence-electron chi connectivity index (χ4n) is 2.03. The smallest absolute Gasteiger partial charge is 0.222 e. The van der Waals surface area contributed by atoms with E-state index in [-0.39, 0.29) is 5.91 Å². The fraction of sp³-hybridized carbons (Fsp3) is 0.933. The van der Waals surface area contributed by atoms with Crippen LogP contribution in [0.4, 0.5) is 0 Å². The third-order valence-corrected chi connectivity index (χ3v) is 3.51. The standard InChI is InChI=1S/C15H30ClNO/c1-3-4-5-6-7-8-9-10-11-12-15(18)17(2)14-13-16/h3-14H2,1-2H3. The largest absolute Gasteiger partial charge is 0.345 e. The Labute approximate surface area is 118 Å². The maximum atomic E-state index is 11.6. The summed E-state index contributed by atoms with van der Waals surface area (Å²) >= 11 is 5.60. The molecule has 0 saturated carbocycles. The first-order chi connectivity index (χ1) is 8.72. The molecule has 0 aliphatic heterocycles. The number of unbranched alkanes of at least 4 members (excludes halogenated alkanes) is 8. The van der Waals surface area contributed by atoms with Crippen molar-refractivity contribution in [3.8, 4) is 0 Å². The summed E-state index contributed by atoms with van der Waals surface area (Å²) in [5.41, 5.74) is 0. The van der Waals surface area contributed by atoms with Gasteiger partial charge in [0.05, 0.1) is 0 Å². The first-order valence-electron chi connectivity index (χ1n) is 7.52. The predicted octanol–water partition coefficient (Wildman–Crippen LogP) is 4.60. The monoisotopic (exact) mass is 275 g/mol. The zero-order valence-corrected chi connectivity index (χ0v) is 13.0. The second kappa shape index (κ2) is 13.2. The van der Waals surface area contributed by atoms with Crippen LogP contribution in [-0.4, -0.2) is 30.3 Å². The summed E-state index contributed by atoms with van der Waals surface area (Å²) in [5.74, 6) is 0.763. The second-order valence-electron chi connectivity index (χ2n) is 5.08. The van der Waals surface area contributed by atoms with Crippen molar-refractivity contribution >= 4 is 17.5 Å². The molecule has 0 bridgehead atoms. The molecule has 0 atom stereocenters. The van der Waals surface area contributed by atoms with Crippen molar-refractivity contribution in [2.45, 2.75) is 71.1 Å². The van der Waals surface area contributed by atoms with Crippen molar-refractivity contribution in [2.75, 3.05) is 19.5 Å². The lowest BCUT2D eigenvalue weighted by molar-refractivity contribution is -0.129. The maximum absolute atomic E-state index is 11.6. The van der Waals surface area contributed by atoms with Gasteiger partial charge in [0.2, 0.25) is 5.91 Å². The van der Waals surface area contributed by atoms with Crippen LogP contribution >= 0.6 is 11.6 Å². The van der Waals surface area contributed by atoms with E-state index in [0.29, 0.717) is 18.8 Å². The van der Waals surface area contributed by atoms with E-state index >= 15 is 0 Å². The van der Waals surface area contributed by atoms with Gasteiger partial charge in [-0.25, -0.2) is 0 Å². The lowest BCUT2D eigenvalue weighted by atomic mass is 10.1. The molecule has 2 nitrogen and oxygen atoms in total. The lowest BCUT2D eigenvalue weighted by Gasteiger charge is -2.15. The maximum Gasteiger partial charge on any atom is 0.222 e. The molecule has 3 heteroatoms. The third-order valence-electron chi connectivity index (χ3n) is 3.34. The van der Waals surface area contributed by atoms with Crippen LogP contribution in [0.25, 0.3) is 0 Å². The van der Waals surface area contributed by atoms with Gasteiger partial charge in [-0.05, 0) is 6.42 Å². The number of hydrogen-bond donors (Lipinski definition) is 0. The lowest BCUT2D eigenvalue weighted by Crippen LogP contribution is -2.28. The number of nitrogens with zero attached hydrogens (tertiary/aromatic N) is 1. The number of amides is 1. The van der Waals surface area contributed by atoms with Crippen molar-refractivity contribution in [2.24, 2.45) is 0 Å². The SMILES string of the molecule is CCCCCCCCCCCC(=O)N(C)CCCl. The van der Waals surface area contributed by atoms with E-state index in [1.807, 2.05) is 7.05 Å². The molecule has 0 unspecified atom stereocenters. The molecule has 0 heterocycles. The van der Waals surface area contributed by atoms with Crippen molar-refractivity contribution < 1.29 is 4.79 Å². The van der Waals surface area contributed by atoms with Crippen LogP contribution in [-0.2, 0) is 4.79 Å². The third kappa shape index (κ3) is 10.9. The molecule has 1 amide bonds. The molecular formula is C15H30ClNO. The van der Waals surface area contributed by atoms with E-state index in [0.717, 1.165) is 6.42 Å². The molecule has 0 aromatic heterocycles. The number of halogens is 1. The van der Waals surface area contributed by atoms with Crippen molar-refractivity contribution in [3.63, 3.8) is 0 Å². The molecule has 0 aliphatic carbocycles. The molecule has 108 valence electrons. The molecule has 0 aliphatic rings. The van der Waals surface area contributed by atoms with E-state index < -0.39 is 0 Å². The van der Waals surface area contributed by atoms with Crippen LogP contribution in [0.15, 0.2) is 0 Å². The zero-order chi connectivity index (χ0) is 13.6. The van der Waals surface area contributed by atoms with Gasteiger partial charge in [0.25, 0.3) is 0 Å². The first-order valence-corrected chi connectivity index (χ1v) is 8.05. The highest BCUT2D eigenvalue weighted by Gasteiger charge is 2.06. The number of alkyl halides is 1. The van der Waals surface area contributed by atoms with Crippen LogP contribution in [0.3, 0.4) is 0 Å².